The van der Waals surface area contributed by atoms with Gasteiger partial charge in [-0.3, -0.25) is 4.79 Å². The first-order valence-corrected chi connectivity index (χ1v) is 10.3. The molecule has 0 heterocycles. The summed E-state index contributed by atoms with van der Waals surface area (Å²) in [6.07, 6.45) is 3.63. The van der Waals surface area contributed by atoms with Crippen molar-refractivity contribution in [1.82, 2.24) is 0 Å². The van der Waals surface area contributed by atoms with Crippen molar-refractivity contribution in [3.63, 3.8) is 0 Å². The number of nitrogens with zero attached hydrogens (tertiary/aromatic N) is 2. The molecule has 1 aromatic carbocycles. The standard InChI is InChI=1S/C17H23Br2N3O5/c1-21(15-10-11(18)9-14(19)17(15)20)12-4-6-13(7-5-12)27-16(23)3-2-8-26-22(24)25/h9-10,12-13H,2-8,20H2,1H3. The number of esters is 1. The van der Waals surface area contributed by atoms with E-state index in [1.807, 2.05) is 19.2 Å². The minimum absolute atomic E-state index is 0.0940. The molecule has 2 N–H and O–H groups in total. The lowest BCUT2D eigenvalue weighted by Gasteiger charge is -2.36. The molecule has 27 heavy (non-hydrogen) atoms. The van der Waals surface area contributed by atoms with Crippen LogP contribution in [0.25, 0.3) is 0 Å². The number of carbonyl (C=O) groups is 1. The average Bonchev–Trinajstić information content (AvgIpc) is 2.61. The normalized spacial score (nSPS) is 19.4. The summed E-state index contributed by atoms with van der Waals surface area (Å²) in [5.74, 6) is -0.334. The number of halogens is 2. The number of rotatable bonds is 8. The first kappa shape index (κ1) is 21.7. The number of hydrogen-bond acceptors (Lipinski definition) is 7. The van der Waals surface area contributed by atoms with Gasteiger partial charge in [-0.05, 0) is 60.2 Å². The Balaban J connectivity index is 1.79. The van der Waals surface area contributed by atoms with E-state index < -0.39 is 5.09 Å². The predicted octanol–water partition coefficient (Wildman–Crippen LogP) is 4.07. The van der Waals surface area contributed by atoms with Gasteiger partial charge in [0.1, 0.15) is 6.10 Å². The zero-order valence-electron chi connectivity index (χ0n) is 15.0. The number of benzene rings is 1. The van der Waals surface area contributed by atoms with Crippen molar-refractivity contribution in [3.05, 3.63) is 31.2 Å². The third-order valence-electron chi connectivity index (χ3n) is 4.66. The van der Waals surface area contributed by atoms with E-state index in [0.29, 0.717) is 11.7 Å². The fourth-order valence-electron chi connectivity index (χ4n) is 3.21. The van der Waals surface area contributed by atoms with Crippen molar-refractivity contribution in [2.75, 3.05) is 24.3 Å². The Labute approximate surface area is 174 Å². The Morgan fingerprint density at radius 2 is 2.00 bits per heavy atom. The second kappa shape index (κ2) is 10.1. The van der Waals surface area contributed by atoms with Gasteiger partial charge in [-0.1, -0.05) is 15.9 Å². The fourth-order valence-corrected chi connectivity index (χ4v) is 4.41. The smallest absolute Gasteiger partial charge is 0.306 e. The summed E-state index contributed by atoms with van der Waals surface area (Å²) in [7, 11) is 2.02. The SMILES string of the molecule is CN(c1cc(Br)cc(Br)c1N)C1CCC(OC(=O)CCCO[N+](=O)[O-])CC1. The Morgan fingerprint density at radius 1 is 1.33 bits per heavy atom. The monoisotopic (exact) mass is 507 g/mol. The molecule has 2 rings (SSSR count). The number of hydrogen-bond donors (Lipinski definition) is 1. The molecule has 8 nitrogen and oxygen atoms in total. The van der Waals surface area contributed by atoms with Crippen LogP contribution in [-0.4, -0.2) is 36.9 Å². The molecule has 0 spiro atoms. The molecule has 150 valence electrons. The van der Waals surface area contributed by atoms with Gasteiger partial charge in [0.25, 0.3) is 5.09 Å². The first-order chi connectivity index (χ1) is 12.8. The van der Waals surface area contributed by atoms with Crippen LogP contribution in [0.4, 0.5) is 11.4 Å². The number of nitrogens with two attached hydrogens (primary N) is 1. The van der Waals surface area contributed by atoms with Crippen LogP contribution in [0, 0.1) is 10.1 Å². The first-order valence-electron chi connectivity index (χ1n) is 8.72. The molecule has 0 radical (unpaired) electrons. The van der Waals surface area contributed by atoms with Crippen LogP contribution in [0.2, 0.25) is 0 Å². The van der Waals surface area contributed by atoms with E-state index in [2.05, 4.69) is 41.6 Å². The maximum atomic E-state index is 11.8. The Morgan fingerprint density at radius 3 is 2.63 bits per heavy atom. The van der Waals surface area contributed by atoms with Crippen molar-refractivity contribution in [2.45, 2.75) is 50.7 Å². The molecule has 0 amide bonds. The molecular formula is C17H23Br2N3O5. The van der Waals surface area contributed by atoms with Crippen molar-refractivity contribution < 1.29 is 19.5 Å². The van der Waals surface area contributed by atoms with Gasteiger partial charge in [0.15, 0.2) is 0 Å². The molecule has 1 aliphatic carbocycles. The van der Waals surface area contributed by atoms with Gasteiger partial charge in [0.05, 0.1) is 18.0 Å². The molecule has 0 aromatic heterocycles. The molecule has 1 aromatic rings. The highest BCUT2D eigenvalue weighted by atomic mass is 79.9. The third kappa shape index (κ3) is 6.53. The molecular weight excluding hydrogens is 486 g/mol. The molecule has 1 fully saturated rings. The van der Waals surface area contributed by atoms with Gasteiger partial charge in [0.2, 0.25) is 0 Å². The van der Waals surface area contributed by atoms with Crippen LogP contribution >= 0.6 is 31.9 Å². The quantitative estimate of drug-likeness (QED) is 0.185. The Bertz CT molecular complexity index is 681. The molecule has 0 unspecified atom stereocenters. The summed E-state index contributed by atoms with van der Waals surface area (Å²) in [5.41, 5.74) is 7.86. The summed E-state index contributed by atoms with van der Waals surface area (Å²) >= 11 is 6.97. The van der Waals surface area contributed by atoms with Gasteiger partial charge >= 0.3 is 5.97 Å². The topological polar surface area (TPSA) is 108 Å². The summed E-state index contributed by atoms with van der Waals surface area (Å²) in [6, 6.07) is 4.23. The summed E-state index contributed by atoms with van der Waals surface area (Å²) in [4.78, 5) is 28.2. The minimum atomic E-state index is -0.861. The lowest BCUT2D eigenvalue weighted by molar-refractivity contribution is -0.757. The number of nitrogen functional groups attached to an aromatic ring is 1. The number of carbonyl (C=O) groups excluding carboxylic acids is 1. The van der Waals surface area contributed by atoms with Gasteiger partial charge in [-0.25, -0.2) is 0 Å². The summed E-state index contributed by atoms with van der Waals surface area (Å²) in [6.45, 7) is -0.0940. The number of ether oxygens (including phenoxy) is 1. The van der Waals surface area contributed by atoms with E-state index in [0.717, 1.165) is 40.3 Å². The van der Waals surface area contributed by atoms with Crippen LogP contribution in [0.1, 0.15) is 38.5 Å². The van der Waals surface area contributed by atoms with Gasteiger partial charge in [-0.15, -0.1) is 10.1 Å². The van der Waals surface area contributed by atoms with E-state index in [-0.39, 0.29) is 31.5 Å². The second-order valence-corrected chi connectivity index (χ2v) is 8.28. The van der Waals surface area contributed by atoms with E-state index in [4.69, 9.17) is 10.5 Å². The summed E-state index contributed by atoms with van der Waals surface area (Å²) in [5, 5.41) is 9.20. The molecule has 1 aliphatic rings. The minimum Gasteiger partial charge on any atom is -0.462 e. The zero-order valence-corrected chi connectivity index (χ0v) is 18.2. The largest absolute Gasteiger partial charge is 0.462 e. The zero-order chi connectivity index (χ0) is 20.0. The molecule has 0 atom stereocenters. The van der Waals surface area contributed by atoms with Crippen LogP contribution < -0.4 is 10.6 Å². The van der Waals surface area contributed by atoms with Crippen molar-refractivity contribution in [2.24, 2.45) is 0 Å². The Hall–Kier alpha value is -1.55. The van der Waals surface area contributed by atoms with E-state index in [9.17, 15) is 14.9 Å². The molecule has 0 bridgehead atoms. The number of anilines is 2. The highest BCUT2D eigenvalue weighted by Gasteiger charge is 2.27. The molecule has 10 heteroatoms. The average molecular weight is 509 g/mol. The maximum Gasteiger partial charge on any atom is 0.306 e. The summed E-state index contributed by atoms with van der Waals surface area (Å²) < 4.78 is 7.27. The molecule has 0 aliphatic heterocycles. The third-order valence-corrected chi connectivity index (χ3v) is 5.78. The van der Waals surface area contributed by atoms with Crippen LogP contribution in [0.15, 0.2) is 21.1 Å². The predicted molar refractivity (Wildman–Crippen MR) is 109 cm³/mol. The van der Waals surface area contributed by atoms with E-state index >= 15 is 0 Å². The fraction of sp³-hybridized carbons (Fsp3) is 0.588. The molecule has 1 saturated carbocycles. The highest BCUT2D eigenvalue weighted by Crippen LogP contribution is 2.37. The van der Waals surface area contributed by atoms with Crippen molar-refractivity contribution in [1.29, 1.82) is 0 Å². The van der Waals surface area contributed by atoms with E-state index in [1.165, 1.54) is 0 Å². The van der Waals surface area contributed by atoms with Crippen LogP contribution in [0.3, 0.4) is 0 Å². The molecule has 0 saturated heterocycles. The lowest BCUT2D eigenvalue weighted by atomic mass is 9.91. The van der Waals surface area contributed by atoms with Crippen LogP contribution in [-0.2, 0) is 14.4 Å². The van der Waals surface area contributed by atoms with Crippen molar-refractivity contribution >= 4 is 49.2 Å². The lowest BCUT2D eigenvalue weighted by Crippen LogP contribution is -2.38. The van der Waals surface area contributed by atoms with Gasteiger partial charge in [0, 0.05) is 28.5 Å². The maximum absolute atomic E-state index is 11.8. The second-order valence-electron chi connectivity index (χ2n) is 6.51. The van der Waals surface area contributed by atoms with Gasteiger partial charge < -0.3 is 20.2 Å². The van der Waals surface area contributed by atoms with E-state index in [1.54, 1.807) is 0 Å². The highest BCUT2D eigenvalue weighted by molar-refractivity contribution is 9.11. The van der Waals surface area contributed by atoms with Gasteiger partial charge in [-0.2, -0.15) is 0 Å². The Kier molecular flexibility index (Phi) is 8.15. The van der Waals surface area contributed by atoms with Crippen molar-refractivity contribution in [3.8, 4) is 0 Å². The van der Waals surface area contributed by atoms with Crippen LogP contribution in [0.5, 0.6) is 0 Å².